The molecule has 20 heavy (non-hydrogen) atoms. The maximum Gasteiger partial charge on any atom is 0.262 e. The van der Waals surface area contributed by atoms with Gasteiger partial charge in [0.2, 0.25) is 0 Å². The van der Waals surface area contributed by atoms with Crippen LogP contribution in [0, 0.1) is 5.82 Å². The SMILES string of the molecule is Nc1ccc(OCC(=O)Nc2ccc(Cl)cc2)c(F)c1. The average molecular weight is 295 g/mol. The highest BCUT2D eigenvalue weighted by molar-refractivity contribution is 6.30. The van der Waals surface area contributed by atoms with Crippen molar-refractivity contribution in [1.82, 2.24) is 0 Å². The van der Waals surface area contributed by atoms with Crippen LogP contribution in [0.1, 0.15) is 0 Å². The number of amides is 1. The molecule has 0 radical (unpaired) electrons. The first-order valence-electron chi connectivity index (χ1n) is 5.78. The summed E-state index contributed by atoms with van der Waals surface area (Å²) in [7, 11) is 0. The van der Waals surface area contributed by atoms with Gasteiger partial charge in [-0.1, -0.05) is 11.6 Å². The molecule has 0 atom stereocenters. The molecule has 0 aliphatic heterocycles. The van der Waals surface area contributed by atoms with Gasteiger partial charge in [-0.2, -0.15) is 0 Å². The van der Waals surface area contributed by atoms with E-state index < -0.39 is 11.7 Å². The van der Waals surface area contributed by atoms with Crippen molar-refractivity contribution in [3.8, 4) is 5.75 Å². The summed E-state index contributed by atoms with van der Waals surface area (Å²) in [6.07, 6.45) is 0. The standard InChI is InChI=1S/C14H12ClFN2O2/c15-9-1-4-11(5-2-9)18-14(19)8-20-13-6-3-10(17)7-12(13)16/h1-7H,8,17H2,(H,18,19). The molecule has 0 aliphatic rings. The molecule has 0 aromatic heterocycles. The van der Waals surface area contributed by atoms with Crippen LogP contribution < -0.4 is 15.8 Å². The fraction of sp³-hybridized carbons (Fsp3) is 0.0714. The normalized spacial score (nSPS) is 10.1. The molecule has 104 valence electrons. The summed E-state index contributed by atoms with van der Waals surface area (Å²) in [5, 5.41) is 3.17. The molecule has 1 amide bonds. The van der Waals surface area contributed by atoms with Crippen LogP contribution in [0.3, 0.4) is 0 Å². The summed E-state index contributed by atoms with van der Waals surface area (Å²) < 4.78 is 18.5. The third-order valence-electron chi connectivity index (χ3n) is 2.44. The van der Waals surface area contributed by atoms with Crippen LogP contribution in [0.25, 0.3) is 0 Å². The zero-order valence-electron chi connectivity index (χ0n) is 10.4. The molecule has 3 N–H and O–H groups in total. The van der Waals surface area contributed by atoms with Crippen molar-refractivity contribution in [3.63, 3.8) is 0 Å². The molecular weight excluding hydrogens is 283 g/mol. The summed E-state index contributed by atoms with van der Waals surface area (Å²) in [6.45, 7) is -0.302. The number of nitrogens with two attached hydrogens (primary N) is 1. The van der Waals surface area contributed by atoms with E-state index in [-0.39, 0.29) is 12.4 Å². The molecule has 0 saturated heterocycles. The molecular formula is C14H12ClFN2O2. The lowest BCUT2D eigenvalue weighted by atomic mass is 10.3. The summed E-state index contributed by atoms with van der Waals surface area (Å²) in [6, 6.07) is 10.6. The lowest BCUT2D eigenvalue weighted by Gasteiger charge is -2.08. The minimum atomic E-state index is -0.607. The van der Waals surface area contributed by atoms with Crippen molar-refractivity contribution in [3.05, 3.63) is 53.3 Å². The van der Waals surface area contributed by atoms with Gasteiger partial charge in [-0.3, -0.25) is 4.79 Å². The number of hydrogen-bond donors (Lipinski definition) is 2. The van der Waals surface area contributed by atoms with E-state index in [9.17, 15) is 9.18 Å². The average Bonchev–Trinajstić information content (AvgIpc) is 2.40. The van der Waals surface area contributed by atoms with Crippen LogP contribution in [0.5, 0.6) is 5.75 Å². The maximum absolute atomic E-state index is 13.4. The van der Waals surface area contributed by atoms with E-state index in [0.29, 0.717) is 16.4 Å². The van der Waals surface area contributed by atoms with Crippen molar-refractivity contribution in [2.24, 2.45) is 0 Å². The maximum atomic E-state index is 13.4. The van der Waals surface area contributed by atoms with Crippen LogP contribution >= 0.6 is 11.6 Å². The molecule has 6 heteroatoms. The molecule has 0 spiro atoms. The van der Waals surface area contributed by atoms with E-state index in [0.717, 1.165) is 6.07 Å². The topological polar surface area (TPSA) is 64.3 Å². The Morgan fingerprint density at radius 3 is 2.60 bits per heavy atom. The van der Waals surface area contributed by atoms with Gasteiger partial charge in [0.15, 0.2) is 18.2 Å². The van der Waals surface area contributed by atoms with Gasteiger partial charge in [-0.15, -0.1) is 0 Å². The van der Waals surface area contributed by atoms with Crippen LogP contribution in [-0.2, 0) is 4.79 Å². The Hall–Kier alpha value is -2.27. The number of benzene rings is 2. The smallest absolute Gasteiger partial charge is 0.262 e. The van der Waals surface area contributed by atoms with Crippen molar-refractivity contribution in [2.45, 2.75) is 0 Å². The van der Waals surface area contributed by atoms with E-state index in [1.807, 2.05) is 0 Å². The molecule has 2 aromatic carbocycles. The van der Waals surface area contributed by atoms with Crippen molar-refractivity contribution in [2.75, 3.05) is 17.7 Å². The minimum absolute atomic E-state index is 0.0227. The van der Waals surface area contributed by atoms with Gasteiger partial charge in [0.25, 0.3) is 5.91 Å². The molecule has 0 heterocycles. The van der Waals surface area contributed by atoms with Gasteiger partial charge in [0, 0.05) is 22.5 Å². The van der Waals surface area contributed by atoms with E-state index in [1.165, 1.54) is 12.1 Å². The lowest BCUT2D eigenvalue weighted by Crippen LogP contribution is -2.20. The van der Waals surface area contributed by atoms with Crippen molar-refractivity contribution < 1.29 is 13.9 Å². The Bertz CT molecular complexity index is 617. The van der Waals surface area contributed by atoms with Gasteiger partial charge in [-0.05, 0) is 36.4 Å². The Kier molecular flexibility index (Phi) is 4.42. The van der Waals surface area contributed by atoms with Gasteiger partial charge >= 0.3 is 0 Å². The molecule has 0 unspecified atom stereocenters. The Labute approximate surface area is 120 Å². The second-order valence-electron chi connectivity index (χ2n) is 4.03. The Balaban J connectivity index is 1.90. The third kappa shape index (κ3) is 3.86. The highest BCUT2D eigenvalue weighted by Gasteiger charge is 2.07. The highest BCUT2D eigenvalue weighted by atomic mass is 35.5. The van der Waals surface area contributed by atoms with Gasteiger partial charge in [-0.25, -0.2) is 4.39 Å². The first-order valence-corrected chi connectivity index (χ1v) is 6.15. The van der Waals surface area contributed by atoms with E-state index in [4.69, 9.17) is 22.1 Å². The van der Waals surface area contributed by atoms with E-state index >= 15 is 0 Å². The van der Waals surface area contributed by atoms with Gasteiger partial charge < -0.3 is 15.8 Å². The van der Waals surface area contributed by atoms with Crippen LogP contribution in [0.4, 0.5) is 15.8 Å². The number of ether oxygens (including phenoxy) is 1. The van der Waals surface area contributed by atoms with Gasteiger partial charge in [0.05, 0.1) is 0 Å². The van der Waals surface area contributed by atoms with Crippen LogP contribution in [0.2, 0.25) is 5.02 Å². The van der Waals surface area contributed by atoms with E-state index in [2.05, 4.69) is 5.32 Å². The first-order chi connectivity index (χ1) is 9.54. The number of nitrogens with one attached hydrogen (secondary N) is 1. The van der Waals surface area contributed by atoms with Crippen molar-refractivity contribution in [1.29, 1.82) is 0 Å². The number of hydrogen-bond acceptors (Lipinski definition) is 3. The number of rotatable bonds is 4. The lowest BCUT2D eigenvalue weighted by molar-refractivity contribution is -0.118. The Morgan fingerprint density at radius 2 is 1.95 bits per heavy atom. The summed E-state index contributed by atoms with van der Waals surface area (Å²) in [5.74, 6) is -1.03. The number of nitrogen functional groups attached to an aromatic ring is 1. The quantitative estimate of drug-likeness (QED) is 0.852. The predicted octanol–water partition coefficient (Wildman–Crippen LogP) is 3.08. The first kappa shape index (κ1) is 14.1. The minimum Gasteiger partial charge on any atom is -0.481 e. The van der Waals surface area contributed by atoms with E-state index in [1.54, 1.807) is 24.3 Å². The number of carbonyl (C=O) groups is 1. The van der Waals surface area contributed by atoms with Crippen LogP contribution in [0.15, 0.2) is 42.5 Å². The molecule has 4 nitrogen and oxygen atoms in total. The molecule has 2 aromatic rings. The molecule has 0 saturated carbocycles. The summed E-state index contributed by atoms with van der Waals surface area (Å²) >= 11 is 5.73. The number of halogens is 2. The van der Waals surface area contributed by atoms with Crippen LogP contribution in [-0.4, -0.2) is 12.5 Å². The summed E-state index contributed by atoms with van der Waals surface area (Å²) in [5.41, 5.74) is 6.29. The summed E-state index contributed by atoms with van der Waals surface area (Å²) in [4.78, 5) is 11.6. The fourth-order valence-corrected chi connectivity index (χ4v) is 1.63. The molecule has 2 rings (SSSR count). The number of carbonyl (C=O) groups excluding carboxylic acids is 1. The second-order valence-corrected chi connectivity index (χ2v) is 4.47. The molecule has 0 aliphatic carbocycles. The fourth-order valence-electron chi connectivity index (χ4n) is 1.51. The zero-order chi connectivity index (χ0) is 14.5. The molecule has 0 bridgehead atoms. The zero-order valence-corrected chi connectivity index (χ0v) is 11.2. The monoisotopic (exact) mass is 294 g/mol. The Morgan fingerprint density at radius 1 is 1.25 bits per heavy atom. The highest BCUT2D eigenvalue weighted by Crippen LogP contribution is 2.19. The molecule has 0 fully saturated rings. The predicted molar refractivity (Wildman–Crippen MR) is 76.4 cm³/mol. The van der Waals surface area contributed by atoms with Crippen molar-refractivity contribution >= 4 is 28.9 Å². The largest absolute Gasteiger partial charge is 0.481 e. The second kappa shape index (κ2) is 6.25. The van der Waals surface area contributed by atoms with Gasteiger partial charge in [0.1, 0.15) is 0 Å². The third-order valence-corrected chi connectivity index (χ3v) is 2.69. The number of anilines is 2.